The van der Waals surface area contributed by atoms with E-state index in [1.54, 1.807) is 0 Å². The molecule has 0 aliphatic rings. The van der Waals surface area contributed by atoms with Crippen LogP contribution in [-0.2, 0) is 6.61 Å². The molecule has 0 aromatic heterocycles. The van der Waals surface area contributed by atoms with Gasteiger partial charge in [-0.05, 0) is 29.8 Å². The lowest BCUT2D eigenvalue weighted by atomic mass is 10.2. The van der Waals surface area contributed by atoms with Crippen molar-refractivity contribution in [2.45, 2.75) is 6.61 Å². The molecule has 0 heterocycles. The molecule has 0 spiro atoms. The van der Waals surface area contributed by atoms with E-state index in [0.717, 1.165) is 10.0 Å². The Balaban J connectivity index is 2.08. The second-order valence-electron chi connectivity index (χ2n) is 3.90. The van der Waals surface area contributed by atoms with Gasteiger partial charge in [0, 0.05) is 10.5 Å². The van der Waals surface area contributed by atoms with Gasteiger partial charge in [-0.25, -0.2) is 4.79 Å². The van der Waals surface area contributed by atoms with Crippen LogP contribution in [0.15, 0.2) is 46.9 Å². The lowest BCUT2D eigenvalue weighted by molar-refractivity contribution is 0.0693. The van der Waals surface area contributed by atoms with Gasteiger partial charge in [0.2, 0.25) is 0 Å². The van der Waals surface area contributed by atoms with E-state index in [9.17, 15) is 9.90 Å². The van der Waals surface area contributed by atoms with Crippen LogP contribution in [0.5, 0.6) is 11.5 Å². The molecule has 0 amide bonds. The maximum Gasteiger partial charge on any atom is 0.339 e. The highest BCUT2D eigenvalue weighted by Gasteiger charge is 2.10. The Morgan fingerprint density at radius 2 is 2.00 bits per heavy atom. The fourth-order valence-corrected chi connectivity index (χ4v) is 2.02. The Bertz CT molecular complexity index is 610. The Hall–Kier alpha value is -2.01. The molecule has 0 saturated heterocycles. The van der Waals surface area contributed by atoms with Gasteiger partial charge in [-0.1, -0.05) is 28.1 Å². The summed E-state index contributed by atoms with van der Waals surface area (Å²) in [6.45, 7) is 0.339. The van der Waals surface area contributed by atoms with Crippen LogP contribution in [0, 0.1) is 0 Å². The van der Waals surface area contributed by atoms with Gasteiger partial charge >= 0.3 is 5.97 Å². The highest BCUT2D eigenvalue weighted by Crippen LogP contribution is 2.24. The normalized spacial score (nSPS) is 10.2. The first-order valence-corrected chi connectivity index (χ1v) is 6.29. The highest BCUT2D eigenvalue weighted by molar-refractivity contribution is 9.10. The van der Waals surface area contributed by atoms with Gasteiger partial charge in [0.05, 0.1) is 0 Å². The van der Waals surface area contributed by atoms with E-state index in [1.165, 1.54) is 18.2 Å². The average Bonchev–Trinajstić information content (AvgIpc) is 2.36. The van der Waals surface area contributed by atoms with Gasteiger partial charge in [-0.15, -0.1) is 0 Å². The molecule has 0 fully saturated rings. The van der Waals surface area contributed by atoms with Crippen LogP contribution >= 0.6 is 15.9 Å². The number of hydrogen-bond acceptors (Lipinski definition) is 3. The van der Waals surface area contributed by atoms with Crippen molar-refractivity contribution in [2.24, 2.45) is 0 Å². The molecule has 5 heteroatoms. The monoisotopic (exact) mass is 322 g/mol. The molecule has 19 heavy (non-hydrogen) atoms. The van der Waals surface area contributed by atoms with Crippen LogP contribution in [0.2, 0.25) is 0 Å². The average molecular weight is 323 g/mol. The van der Waals surface area contributed by atoms with Crippen molar-refractivity contribution in [2.75, 3.05) is 0 Å². The van der Waals surface area contributed by atoms with Gasteiger partial charge in [-0.2, -0.15) is 0 Å². The summed E-state index contributed by atoms with van der Waals surface area (Å²) in [5.74, 6) is -1.06. The number of aromatic hydroxyl groups is 1. The number of phenols is 1. The van der Waals surface area contributed by atoms with Crippen molar-refractivity contribution < 1.29 is 19.7 Å². The molecule has 2 N–H and O–H groups in total. The largest absolute Gasteiger partial charge is 0.507 e. The maximum atomic E-state index is 10.7. The molecule has 0 radical (unpaired) electrons. The third-order valence-electron chi connectivity index (χ3n) is 2.49. The van der Waals surface area contributed by atoms with Crippen LogP contribution in [0.4, 0.5) is 0 Å². The molecule has 0 atom stereocenters. The minimum absolute atomic E-state index is 0.144. The van der Waals surface area contributed by atoms with E-state index >= 15 is 0 Å². The molecule has 2 aromatic carbocycles. The summed E-state index contributed by atoms with van der Waals surface area (Å²) in [4.78, 5) is 10.7. The summed E-state index contributed by atoms with van der Waals surface area (Å²) < 4.78 is 6.45. The number of benzene rings is 2. The lowest BCUT2D eigenvalue weighted by Crippen LogP contribution is -1.99. The van der Waals surface area contributed by atoms with Gasteiger partial charge in [0.15, 0.2) is 0 Å². The van der Waals surface area contributed by atoms with Crippen molar-refractivity contribution in [1.29, 1.82) is 0 Å². The van der Waals surface area contributed by atoms with E-state index in [-0.39, 0.29) is 11.3 Å². The lowest BCUT2D eigenvalue weighted by Gasteiger charge is -2.08. The summed E-state index contributed by atoms with van der Waals surface area (Å²) in [5, 5.41) is 18.3. The summed E-state index contributed by atoms with van der Waals surface area (Å²) >= 11 is 3.36. The molecule has 0 unspecified atom stereocenters. The predicted octanol–water partition coefficient (Wildman–Crippen LogP) is 3.43. The Morgan fingerprint density at radius 1 is 1.21 bits per heavy atom. The number of ether oxygens (including phenoxy) is 1. The first-order valence-electron chi connectivity index (χ1n) is 5.50. The predicted molar refractivity (Wildman–Crippen MR) is 73.5 cm³/mol. The number of carboxylic acids is 1. The van der Waals surface area contributed by atoms with Crippen LogP contribution in [0.3, 0.4) is 0 Å². The Kier molecular flexibility index (Phi) is 4.06. The summed E-state index contributed by atoms with van der Waals surface area (Å²) in [6.07, 6.45) is 0. The van der Waals surface area contributed by atoms with Crippen LogP contribution in [0.1, 0.15) is 15.9 Å². The minimum atomic E-state index is -1.17. The highest BCUT2D eigenvalue weighted by atomic mass is 79.9. The van der Waals surface area contributed by atoms with E-state index in [4.69, 9.17) is 9.84 Å². The van der Waals surface area contributed by atoms with Gasteiger partial charge < -0.3 is 14.9 Å². The molecule has 2 aromatic rings. The zero-order valence-corrected chi connectivity index (χ0v) is 11.4. The molecule has 0 saturated carbocycles. The number of halogens is 1. The van der Waals surface area contributed by atoms with Crippen molar-refractivity contribution in [3.8, 4) is 11.5 Å². The molecule has 4 nitrogen and oxygen atoms in total. The zero-order chi connectivity index (χ0) is 13.8. The Morgan fingerprint density at radius 3 is 2.63 bits per heavy atom. The molecule has 2 rings (SSSR count). The van der Waals surface area contributed by atoms with Crippen molar-refractivity contribution in [1.82, 2.24) is 0 Å². The maximum absolute atomic E-state index is 10.7. The quantitative estimate of drug-likeness (QED) is 0.905. The molecule has 0 aliphatic carbocycles. The summed E-state index contributed by atoms with van der Waals surface area (Å²) in [7, 11) is 0. The summed E-state index contributed by atoms with van der Waals surface area (Å²) in [5.41, 5.74) is 0.825. The SMILES string of the molecule is O=C(O)c1ccc(OCc2cccc(Br)c2)cc1O. The number of carboxylic acid groups (broad SMARTS) is 1. The van der Waals surface area contributed by atoms with Crippen molar-refractivity contribution in [3.63, 3.8) is 0 Å². The first kappa shape index (κ1) is 13.4. The van der Waals surface area contributed by atoms with Gasteiger partial charge in [0.25, 0.3) is 0 Å². The van der Waals surface area contributed by atoms with E-state index < -0.39 is 5.97 Å². The van der Waals surface area contributed by atoms with Crippen LogP contribution in [0.25, 0.3) is 0 Å². The number of rotatable bonds is 4. The van der Waals surface area contributed by atoms with E-state index in [1.807, 2.05) is 24.3 Å². The number of hydrogen-bond donors (Lipinski definition) is 2. The summed E-state index contributed by atoms with van der Waals surface area (Å²) in [6, 6.07) is 11.8. The molecular weight excluding hydrogens is 312 g/mol. The minimum Gasteiger partial charge on any atom is -0.507 e. The standard InChI is InChI=1S/C14H11BrO4/c15-10-3-1-2-9(6-10)8-19-11-4-5-12(14(17)18)13(16)7-11/h1-7,16H,8H2,(H,17,18). The van der Waals surface area contributed by atoms with E-state index in [2.05, 4.69) is 15.9 Å². The fourth-order valence-electron chi connectivity index (χ4n) is 1.58. The van der Waals surface area contributed by atoms with Crippen LogP contribution < -0.4 is 4.74 Å². The second-order valence-corrected chi connectivity index (χ2v) is 4.82. The third-order valence-corrected chi connectivity index (χ3v) is 2.99. The number of aromatic carboxylic acids is 1. The fraction of sp³-hybridized carbons (Fsp3) is 0.0714. The smallest absolute Gasteiger partial charge is 0.339 e. The third kappa shape index (κ3) is 3.48. The van der Waals surface area contributed by atoms with Crippen molar-refractivity contribution in [3.05, 3.63) is 58.1 Å². The van der Waals surface area contributed by atoms with Crippen LogP contribution in [-0.4, -0.2) is 16.2 Å². The second kappa shape index (κ2) is 5.75. The van der Waals surface area contributed by atoms with Gasteiger partial charge in [-0.3, -0.25) is 0 Å². The van der Waals surface area contributed by atoms with Crippen molar-refractivity contribution >= 4 is 21.9 Å². The molecule has 0 aliphatic heterocycles. The molecule has 98 valence electrons. The first-order chi connectivity index (χ1) is 9.06. The van der Waals surface area contributed by atoms with Gasteiger partial charge in [0.1, 0.15) is 23.7 Å². The molecular formula is C14H11BrO4. The number of carbonyl (C=O) groups is 1. The zero-order valence-electron chi connectivity index (χ0n) is 9.84. The Labute approximate surface area is 118 Å². The topological polar surface area (TPSA) is 66.8 Å². The molecule has 0 bridgehead atoms. The van der Waals surface area contributed by atoms with E-state index in [0.29, 0.717) is 12.4 Å².